The van der Waals surface area contributed by atoms with Gasteiger partial charge in [0.2, 0.25) is 0 Å². The molecule has 0 N–H and O–H groups in total. The van der Waals surface area contributed by atoms with E-state index in [1.54, 1.807) is 0 Å². The number of para-hydroxylation sites is 1. The van der Waals surface area contributed by atoms with Crippen LogP contribution in [0.15, 0.2) is 176 Å². The van der Waals surface area contributed by atoms with E-state index in [2.05, 4.69) is 194 Å². The molecule has 0 radical (unpaired) electrons. The molecule has 1 nitrogen and oxygen atoms in total. The molecule has 0 unspecified atom stereocenters. The highest BCUT2D eigenvalue weighted by Gasteiger charge is 2.35. The maximum atomic E-state index is 2.44. The summed E-state index contributed by atoms with van der Waals surface area (Å²) < 4.78 is 2.44. The van der Waals surface area contributed by atoms with Gasteiger partial charge in [0.05, 0.1) is 11.0 Å². The van der Waals surface area contributed by atoms with Crippen LogP contribution in [0.25, 0.3) is 82.8 Å². The molecule has 236 valence electrons. The molecule has 0 saturated carbocycles. The number of benzene rings is 8. The van der Waals surface area contributed by atoms with E-state index in [0.29, 0.717) is 0 Å². The first kappa shape index (κ1) is 28.8. The standard InChI is InChI=1S/C49H35N/c1-49(2)45-19-11-9-17-41(45)43-28-38-29-44-42-18-10-12-20-47(42)50(48(44)31-39(38)30-46(43)49)40-23-21-34(22-24-40)37-26-35(32-13-5-3-6-14-32)25-36(27-37)33-15-7-4-8-16-33/h3-31H,1-2H3. The van der Waals surface area contributed by atoms with Gasteiger partial charge in [0.25, 0.3) is 0 Å². The van der Waals surface area contributed by atoms with E-state index in [1.807, 2.05) is 0 Å². The SMILES string of the molecule is CC1(C)c2ccccc2-c2cc3cc4c5ccccc5n(-c5ccc(-c6cc(-c7ccccc7)cc(-c7ccccc7)c6)cc5)c4cc3cc21. The molecule has 8 aromatic carbocycles. The molecule has 0 amide bonds. The number of rotatable bonds is 4. The van der Waals surface area contributed by atoms with Crippen LogP contribution in [0.4, 0.5) is 0 Å². The number of hydrogen-bond donors (Lipinski definition) is 0. The molecular weight excluding hydrogens is 603 g/mol. The van der Waals surface area contributed by atoms with Crippen molar-refractivity contribution in [2.24, 2.45) is 0 Å². The summed E-state index contributed by atoms with van der Waals surface area (Å²) in [6.07, 6.45) is 0. The number of aromatic nitrogens is 1. The second-order valence-electron chi connectivity index (χ2n) is 14.2. The summed E-state index contributed by atoms with van der Waals surface area (Å²) >= 11 is 0. The van der Waals surface area contributed by atoms with E-state index in [9.17, 15) is 0 Å². The second kappa shape index (κ2) is 10.9. The summed E-state index contributed by atoms with van der Waals surface area (Å²) in [5.74, 6) is 0. The van der Waals surface area contributed by atoms with Crippen LogP contribution in [0.2, 0.25) is 0 Å². The molecule has 1 aliphatic carbocycles. The van der Waals surface area contributed by atoms with Crippen molar-refractivity contribution in [1.29, 1.82) is 0 Å². The Balaban J connectivity index is 1.13. The predicted octanol–water partition coefficient (Wildman–Crippen LogP) is 13.2. The molecule has 1 heteroatoms. The molecule has 0 saturated heterocycles. The molecule has 1 heterocycles. The van der Waals surface area contributed by atoms with Crippen LogP contribution in [0.5, 0.6) is 0 Å². The minimum atomic E-state index is -0.0319. The summed E-state index contributed by atoms with van der Waals surface area (Å²) in [5, 5.41) is 5.13. The molecule has 1 aliphatic rings. The van der Waals surface area contributed by atoms with Crippen LogP contribution in [0.3, 0.4) is 0 Å². The Kier molecular flexibility index (Phi) is 6.29. The maximum Gasteiger partial charge on any atom is 0.0547 e. The van der Waals surface area contributed by atoms with E-state index >= 15 is 0 Å². The van der Waals surface area contributed by atoms with Crippen LogP contribution in [-0.2, 0) is 5.41 Å². The van der Waals surface area contributed by atoms with Gasteiger partial charge in [-0.3, -0.25) is 0 Å². The van der Waals surface area contributed by atoms with Crippen molar-refractivity contribution in [3.8, 4) is 50.2 Å². The van der Waals surface area contributed by atoms with Gasteiger partial charge in [0.15, 0.2) is 0 Å². The minimum absolute atomic E-state index is 0.0319. The zero-order valence-electron chi connectivity index (χ0n) is 28.2. The fourth-order valence-corrected chi connectivity index (χ4v) is 8.38. The lowest BCUT2D eigenvalue weighted by Crippen LogP contribution is -2.14. The van der Waals surface area contributed by atoms with Gasteiger partial charge in [-0.15, -0.1) is 0 Å². The molecule has 0 spiro atoms. The van der Waals surface area contributed by atoms with Crippen molar-refractivity contribution in [2.45, 2.75) is 19.3 Å². The normalized spacial score (nSPS) is 13.2. The topological polar surface area (TPSA) is 4.93 Å². The Morgan fingerprint density at radius 2 is 0.920 bits per heavy atom. The first-order valence-corrected chi connectivity index (χ1v) is 17.5. The highest BCUT2D eigenvalue weighted by atomic mass is 15.0. The van der Waals surface area contributed by atoms with E-state index in [4.69, 9.17) is 0 Å². The largest absolute Gasteiger partial charge is 0.309 e. The average molecular weight is 638 g/mol. The van der Waals surface area contributed by atoms with Crippen LogP contribution >= 0.6 is 0 Å². The Labute approximate surface area is 292 Å². The van der Waals surface area contributed by atoms with Gasteiger partial charge in [-0.25, -0.2) is 0 Å². The van der Waals surface area contributed by atoms with Crippen LogP contribution < -0.4 is 0 Å². The van der Waals surface area contributed by atoms with Gasteiger partial charge in [-0.2, -0.15) is 0 Å². The lowest BCUT2D eigenvalue weighted by molar-refractivity contribution is 0.661. The smallest absolute Gasteiger partial charge is 0.0547 e. The van der Waals surface area contributed by atoms with Crippen LogP contribution in [-0.4, -0.2) is 4.57 Å². The van der Waals surface area contributed by atoms with Crippen molar-refractivity contribution >= 4 is 32.6 Å². The monoisotopic (exact) mass is 637 g/mol. The Morgan fingerprint density at radius 1 is 0.360 bits per heavy atom. The summed E-state index contributed by atoms with van der Waals surface area (Å²) in [6.45, 7) is 4.72. The molecule has 1 aromatic heterocycles. The van der Waals surface area contributed by atoms with Gasteiger partial charge in [-0.05, 0) is 127 Å². The second-order valence-corrected chi connectivity index (χ2v) is 14.2. The van der Waals surface area contributed by atoms with Crippen molar-refractivity contribution in [1.82, 2.24) is 4.57 Å². The summed E-state index contributed by atoms with van der Waals surface area (Å²) in [6, 6.07) is 64.9. The molecule has 9 aromatic rings. The summed E-state index contributed by atoms with van der Waals surface area (Å²) in [5.41, 5.74) is 16.4. The highest BCUT2D eigenvalue weighted by Crippen LogP contribution is 2.50. The van der Waals surface area contributed by atoms with Gasteiger partial charge < -0.3 is 4.57 Å². The van der Waals surface area contributed by atoms with Crippen LogP contribution in [0, 0.1) is 0 Å². The van der Waals surface area contributed by atoms with E-state index < -0.39 is 0 Å². The molecule has 50 heavy (non-hydrogen) atoms. The van der Waals surface area contributed by atoms with Crippen LogP contribution in [0.1, 0.15) is 25.0 Å². The molecular formula is C49H35N. The Bertz CT molecular complexity index is 2690. The third kappa shape index (κ3) is 4.40. The number of nitrogens with zero attached hydrogens (tertiary/aromatic N) is 1. The van der Waals surface area contributed by atoms with E-state index in [1.165, 1.54) is 88.2 Å². The third-order valence-corrected chi connectivity index (χ3v) is 10.9. The fraction of sp³-hybridized carbons (Fsp3) is 0.0612. The van der Waals surface area contributed by atoms with Gasteiger partial charge >= 0.3 is 0 Å². The lowest BCUT2D eigenvalue weighted by Gasteiger charge is -2.21. The van der Waals surface area contributed by atoms with E-state index in [-0.39, 0.29) is 5.41 Å². The van der Waals surface area contributed by atoms with Crippen molar-refractivity contribution < 1.29 is 0 Å². The molecule has 0 bridgehead atoms. The average Bonchev–Trinajstić information content (AvgIpc) is 3.61. The zero-order valence-corrected chi connectivity index (χ0v) is 28.2. The number of hydrogen-bond acceptors (Lipinski definition) is 0. The van der Waals surface area contributed by atoms with E-state index in [0.717, 1.165) is 5.69 Å². The van der Waals surface area contributed by atoms with Crippen molar-refractivity contribution in [3.63, 3.8) is 0 Å². The molecule has 0 aliphatic heterocycles. The third-order valence-electron chi connectivity index (χ3n) is 10.9. The number of fused-ring (bicyclic) bond motifs is 7. The fourth-order valence-electron chi connectivity index (χ4n) is 8.38. The molecule has 0 atom stereocenters. The zero-order chi connectivity index (χ0) is 33.4. The van der Waals surface area contributed by atoms with Crippen molar-refractivity contribution in [2.75, 3.05) is 0 Å². The van der Waals surface area contributed by atoms with Gasteiger partial charge in [0, 0.05) is 21.9 Å². The maximum absolute atomic E-state index is 2.44. The molecule has 10 rings (SSSR count). The van der Waals surface area contributed by atoms with Gasteiger partial charge in [0.1, 0.15) is 0 Å². The highest BCUT2D eigenvalue weighted by molar-refractivity contribution is 6.14. The quantitative estimate of drug-likeness (QED) is 0.181. The summed E-state index contributed by atoms with van der Waals surface area (Å²) in [7, 11) is 0. The Hall–Kier alpha value is -6.18. The summed E-state index contributed by atoms with van der Waals surface area (Å²) in [4.78, 5) is 0. The van der Waals surface area contributed by atoms with Crippen molar-refractivity contribution in [3.05, 3.63) is 187 Å². The first-order chi connectivity index (χ1) is 24.5. The Morgan fingerprint density at radius 3 is 1.60 bits per heavy atom. The molecule has 0 fully saturated rings. The minimum Gasteiger partial charge on any atom is -0.309 e. The lowest BCUT2D eigenvalue weighted by atomic mass is 9.82. The van der Waals surface area contributed by atoms with Gasteiger partial charge in [-0.1, -0.05) is 129 Å². The predicted molar refractivity (Wildman–Crippen MR) is 212 cm³/mol. The first-order valence-electron chi connectivity index (χ1n) is 17.5.